The second-order valence-corrected chi connectivity index (χ2v) is 7.06. The summed E-state index contributed by atoms with van der Waals surface area (Å²) in [5, 5.41) is 0. The highest BCUT2D eigenvalue weighted by Crippen LogP contribution is 2.48. The van der Waals surface area contributed by atoms with Gasteiger partial charge in [0, 0.05) is 24.5 Å². The first-order valence-electron chi connectivity index (χ1n) is 10.5. The first kappa shape index (κ1) is 22.9. The monoisotopic (exact) mass is 428 g/mol. The molecule has 0 saturated heterocycles. The third-order valence-corrected chi connectivity index (χ3v) is 5.11. The van der Waals surface area contributed by atoms with E-state index in [0.29, 0.717) is 23.9 Å². The van der Waals surface area contributed by atoms with Crippen LogP contribution in [0.1, 0.15) is 35.9 Å². The Morgan fingerprint density at radius 2 is 1.12 bits per heavy atom. The molecule has 164 valence electrons. The van der Waals surface area contributed by atoms with Crippen LogP contribution in [0.5, 0.6) is 12.0 Å². The molecule has 6 heteroatoms. The number of rotatable bonds is 4. The van der Waals surface area contributed by atoms with Crippen LogP contribution >= 0.6 is 0 Å². The summed E-state index contributed by atoms with van der Waals surface area (Å²) in [5.41, 5.74) is 2.51. The lowest BCUT2D eigenvalue weighted by atomic mass is 9.68. The molecule has 0 spiro atoms. The lowest BCUT2D eigenvalue weighted by Gasteiger charge is -2.36. The van der Waals surface area contributed by atoms with Gasteiger partial charge < -0.3 is 9.47 Å². The quantitative estimate of drug-likeness (QED) is 0.438. The maximum Gasteiger partial charge on any atom is 0.316 e. The minimum Gasteiger partial charge on any atom is -0.467 e. The summed E-state index contributed by atoms with van der Waals surface area (Å²) < 4.78 is 9.78. The molecule has 1 fully saturated rings. The molecule has 1 aliphatic rings. The molecule has 2 aromatic heterocycles. The SMILES string of the molecule is COc1nccc([C@H]2CC[C@H]2c2ccccc2)n1.COc1ncccn1.c1ccccc1. The number of ether oxygens (including phenoxy) is 2. The lowest BCUT2D eigenvalue weighted by molar-refractivity contribution is 0.328. The van der Waals surface area contributed by atoms with E-state index in [1.165, 1.54) is 25.5 Å². The van der Waals surface area contributed by atoms with Crippen molar-refractivity contribution in [2.45, 2.75) is 24.7 Å². The summed E-state index contributed by atoms with van der Waals surface area (Å²) in [6, 6.07) is 27.3. The van der Waals surface area contributed by atoms with Crippen LogP contribution in [0.15, 0.2) is 97.5 Å². The Morgan fingerprint density at radius 3 is 1.62 bits per heavy atom. The molecule has 6 nitrogen and oxygen atoms in total. The van der Waals surface area contributed by atoms with E-state index in [1.807, 2.05) is 42.5 Å². The highest BCUT2D eigenvalue weighted by Gasteiger charge is 2.34. The van der Waals surface area contributed by atoms with Crippen LogP contribution in [0.3, 0.4) is 0 Å². The van der Waals surface area contributed by atoms with Crippen LogP contribution in [-0.4, -0.2) is 34.2 Å². The standard InChI is InChI=1S/C15H16N2O.C6H6.C5H6N2O/c1-18-15-16-10-9-14(17-15)13-8-7-12(13)11-5-3-2-4-6-11;1-2-4-6-5-3-1;1-8-5-6-3-2-4-7-5/h2-6,9-10,12-13H,7-8H2,1H3;1-6H;2-4H,1H3/t12-,13-;;/m0../s1. The van der Waals surface area contributed by atoms with Crippen LogP contribution in [0.4, 0.5) is 0 Å². The Bertz CT molecular complexity index is 991. The molecule has 0 amide bonds. The van der Waals surface area contributed by atoms with Gasteiger partial charge in [-0.2, -0.15) is 4.98 Å². The van der Waals surface area contributed by atoms with E-state index in [1.54, 1.807) is 31.8 Å². The van der Waals surface area contributed by atoms with Gasteiger partial charge in [0.2, 0.25) is 0 Å². The van der Waals surface area contributed by atoms with Crippen LogP contribution in [0.25, 0.3) is 0 Å². The van der Waals surface area contributed by atoms with Crippen LogP contribution in [-0.2, 0) is 0 Å². The molecule has 1 saturated carbocycles. The molecule has 0 radical (unpaired) electrons. The van der Waals surface area contributed by atoms with E-state index < -0.39 is 0 Å². The molecule has 2 aromatic carbocycles. The van der Waals surface area contributed by atoms with Gasteiger partial charge in [0.15, 0.2) is 0 Å². The minimum atomic E-state index is 0.410. The molecule has 2 heterocycles. The third kappa shape index (κ3) is 6.87. The fourth-order valence-electron chi connectivity index (χ4n) is 3.39. The van der Waals surface area contributed by atoms with Crippen molar-refractivity contribution in [2.24, 2.45) is 0 Å². The number of hydrogen-bond acceptors (Lipinski definition) is 6. The molecule has 0 unspecified atom stereocenters. The Hall–Kier alpha value is -3.80. The molecule has 2 atom stereocenters. The predicted molar refractivity (Wildman–Crippen MR) is 125 cm³/mol. The summed E-state index contributed by atoms with van der Waals surface area (Å²) in [6.45, 7) is 0. The van der Waals surface area contributed by atoms with E-state index in [-0.39, 0.29) is 0 Å². The van der Waals surface area contributed by atoms with Crippen molar-refractivity contribution in [3.63, 3.8) is 0 Å². The first-order valence-corrected chi connectivity index (χ1v) is 10.5. The zero-order chi connectivity index (χ0) is 22.4. The maximum absolute atomic E-state index is 5.09. The van der Waals surface area contributed by atoms with Crippen LogP contribution in [0, 0.1) is 0 Å². The number of aromatic nitrogens is 4. The normalized spacial score (nSPS) is 16.2. The molecular formula is C26H28N4O2. The van der Waals surface area contributed by atoms with Crippen molar-refractivity contribution < 1.29 is 9.47 Å². The molecule has 0 N–H and O–H groups in total. The lowest BCUT2D eigenvalue weighted by Crippen LogP contribution is -2.22. The molecule has 5 rings (SSSR count). The maximum atomic E-state index is 5.09. The number of methoxy groups -OCH3 is 2. The van der Waals surface area contributed by atoms with Crippen molar-refractivity contribution in [3.8, 4) is 12.0 Å². The van der Waals surface area contributed by atoms with Crippen molar-refractivity contribution >= 4 is 0 Å². The van der Waals surface area contributed by atoms with Gasteiger partial charge in [0.1, 0.15) is 0 Å². The molecule has 0 aliphatic heterocycles. The highest BCUT2D eigenvalue weighted by molar-refractivity contribution is 5.29. The van der Waals surface area contributed by atoms with Crippen molar-refractivity contribution in [1.29, 1.82) is 0 Å². The zero-order valence-electron chi connectivity index (χ0n) is 18.4. The van der Waals surface area contributed by atoms with Crippen molar-refractivity contribution in [2.75, 3.05) is 14.2 Å². The summed E-state index contributed by atoms with van der Waals surface area (Å²) in [7, 11) is 3.14. The van der Waals surface area contributed by atoms with Gasteiger partial charge in [-0.05, 0) is 36.5 Å². The van der Waals surface area contributed by atoms with Crippen LogP contribution in [0.2, 0.25) is 0 Å². The highest BCUT2D eigenvalue weighted by atomic mass is 16.5. The number of nitrogens with zero attached hydrogens (tertiary/aromatic N) is 4. The van der Waals surface area contributed by atoms with Crippen molar-refractivity contribution in [3.05, 3.63) is 109 Å². The average Bonchev–Trinajstić information content (AvgIpc) is 2.86. The van der Waals surface area contributed by atoms with Crippen molar-refractivity contribution in [1.82, 2.24) is 19.9 Å². The summed E-state index contributed by atoms with van der Waals surface area (Å²) >= 11 is 0. The van der Waals surface area contributed by atoms with Crippen LogP contribution < -0.4 is 9.47 Å². The molecule has 32 heavy (non-hydrogen) atoms. The van der Waals surface area contributed by atoms with E-state index >= 15 is 0 Å². The average molecular weight is 429 g/mol. The molecule has 0 bridgehead atoms. The first-order chi connectivity index (χ1) is 15.8. The number of benzene rings is 2. The second-order valence-electron chi connectivity index (χ2n) is 7.06. The third-order valence-electron chi connectivity index (χ3n) is 5.11. The Morgan fingerprint density at radius 1 is 0.594 bits per heavy atom. The smallest absolute Gasteiger partial charge is 0.316 e. The second kappa shape index (κ2) is 12.8. The topological polar surface area (TPSA) is 70.0 Å². The van der Waals surface area contributed by atoms with Gasteiger partial charge in [-0.1, -0.05) is 66.7 Å². The molecule has 4 aromatic rings. The fraction of sp³-hybridized carbons (Fsp3) is 0.231. The fourth-order valence-corrected chi connectivity index (χ4v) is 3.39. The van der Waals surface area contributed by atoms with Gasteiger partial charge in [-0.15, -0.1) is 0 Å². The zero-order valence-corrected chi connectivity index (χ0v) is 18.4. The van der Waals surface area contributed by atoms with Gasteiger partial charge >= 0.3 is 12.0 Å². The largest absolute Gasteiger partial charge is 0.467 e. The Kier molecular flexibility index (Phi) is 9.15. The minimum absolute atomic E-state index is 0.410. The predicted octanol–water partition coefficient (Wildman–Crippen LogP) is 5.32. The van der Waals surface area contributed by atoms with Gasteiger partial charge in [-0.25, -0.2) is 15.0 Å². The molecule has 1 aliphatic carbocycles. The van der Waals surface area contributed by atoms with E-state index in [2.05, 4.69) is 50.3 Å². The van der Waals surface area contributed by atoms with E-state index in [4.69, 9.17) is 9.47 Å². The Balaban J connectivity index is 0.000000169. The van der Waals surface area contributed by atoms with E-state index in [9.17, 15) is 0 Å². The van der Waals surface area contributed by atoms with E-state index in [0.717, 1.165) is 5.69 Å². The summed E-state index contributed by atoms with van der Waals surface area (Å²) in [6.07, 6.45) is 7.47. The molecular weight excluding hydrogens is 400 g/mol. The number of hydrogen-bond donors (Lipinski definition) is 0. The van der Waals surface area contributed by atoms with Gasteiger partial charge in [0.05, 0.1) is 19.9 Å². The van der Waals surface area contributed by atoms with Gasteiger partial charge in [0.25, 0.3) is 0 Å². The summed E-state index contributed by atoms with van der Waals surface area (Å²) in [5.74, 6) is 1.09. The summed E-state index contributed by atoms with van der Waals surface area (Å²) in [4.78, 5) is 16.0. The van der Waals surface area contributed by atoms with Gasteiger partial charge in [-0.3, -0.25) is 0 Å². The Labute approximate surface area is 189 Å².